The molecular formula is C16H15NO5S. The van der Waals surface area contributed by atoms with Crippen LogP contribution < -0.4 is 18.9 Å². The lowest BCUT2D eigenvalue weighted by Gasteiger charge is -2.19. The third-order valence-corrected chi connectivity index (χ3v) is 5.15. The van der Waals surface area contributed by atoms with Crippen LogP contribution in [0.2, 0.25) is 0 Å². The first-order valence-corrected chi connectivity index (χ1v) is 8.79. The van der Waals surface area contributed by atoms with Crippen molar-refractivity contribution in [3.8, 4) is 17.2 Å². The van der Waals surface area contributed by atoms with Crippen molar-refractivity contribution in [3.63, 3.8) is 0 Å². The second-order valence-corrected chi connectivity index (χ2v) is 6.99. The van der Waals surface area contributed by atoms with Crippen LogP contribution in [0.5, 0.6) is 17.2 Å². The third-order valence-electron chi connectivity index (χ3n) is 3.78. The molecule has 23 heavy (non-hydrogen) atoms. The van der Waals surface area contributed by atoms with Crippen molar-refractivity contribution in [1.82, 2.24) is 0 Å². The summed E-state index contributed by atoms with van der Waals surface area (Å²) in [6.07, 6.45) is 0.787. The predicted molar refractivity (Wildman–Crippen MR) is 83.9 cm³/mol. The Labute approximate surface area is 134 Å². The molecule has 0 radical (unpaired) electrons. The van der Waals surface area contributed by atoms with Crippen LogP contribution in [-0.4, -0.2) is 28.2 Å². The van der Waals surface area contributed by atoms with E-state index in [2.05, 4.69) is 4.72 Å². The number of para-hydroxylation sites is 1. The molecule has 0 aliphatic carbocycles. The Morgan fingerprint density at radius 3 is 2.61 bits per heavy atom. The number of ether oxygens (including phenoxy) is 3. The molecule has 2 aromatic rings. The maximum atomic E-state index is 12.6. The summed E-state index contributed by atoms with van der Waals surface area (Å²) in [7, 11) is -3.73. The van der Waals surface area contributed by atoms with Gasteiger partial charge in [0.2, 0.25) is 0 Å². The fourth-order valence-corrected chi connectivity index (χ4v) is 3.77. The highest BCUT2D eigenvalue weighted by Crippen LogP contribution is 2.36. The fraction of sp³-hybridized carbons (Fsp3) is 0.250. The minimum absolute atomic E-state index is 0.123. The summed E-state index contributed by atoms with van der Waals surface area (Å²) >= 11 is 0. The minimum Gasteiger partial charge on any atom is -0.491 e. The molecule has 0 aromatic heterocycles. The van der Waals surface area contributed by atoms with E-state index in [0.717, 1.165) is 12.0 Å². The Bertz CT molecular complexity index is 863. The quantitative estimate of drug-likeness (QED) is 0.932. The number of rotatable bonds is 3. The average Bonchev–Trinajstić information content (AvgIpc) is 3.04. The largest absolute Gasteiger partial charge is 0.491 e. The van der Waals surface area contributed by atoms with Gasteiger partial charge >= 0.3 is 0 Å². The maximum absolute atomic E-state index is 12.6. The molecule has 0 saturated carbocycles. The Kier molecular flexibility index (Phi) is 3.30. The monoisotopic (exact) mass is 333 g/mol. The Balaban J connectivity index is 1.67. The highest BCUT2D eigenvalue weighted by atomic mass is 32.2. The van der Waals surface area contributed by atoms with Crippen molar-refractivity contribution in [2.45, 2.75) is 11.3 Å². The highest BCUT2D eigenvalue weighted by molar-refractivity contribution is 7.92. The van der Waals surface area contributed by atoms with Crippen molar-refractivity contribution >= 4 is 15.7 Å². The molecule has 120 valence electrons. The van der Waals surface area contributed by atoms with Crippen LogP contribution in [0.25, 0.3) is 0 Å². The molecule has 2 aromatic carbocycles. The molecule has 6 nitrogen and oxygen atoms in total. The van der Waals surface area contributed by atoms with Gasteiger partial charge in [0, 0.05) is 12.5 Å². The first-order valence-electron chi connectivity index (χ1n) is 7.31. The molecule has 0 atom stereocenters. The molecule has 0 saturated heterocycles. The van der Waals surface area contributed by atoms with Gasteiger partial charge in [-0.2, -0.15) is 0 Å². The topological polar surface area (TPSA) is 73.9 Å². The summed E-state index contributed by atoms with van der Waals surface area (Å²) in [5.74, 6) is 1.60. The number of sulfonamides is 1. The first-order chi connectivity index (χ1) is 11.1. The maximum Gasteiger partial charge on any atom is 0.262 e. The predicted octanol–water partition coefficient (Wildman–Crippen LogP) is 2.19. The zero-order chi connectivity index (χ0) is 15.9. The lowest BCUT2D eigenvalue weighted by Crippen LogP contribution is -2.17. The van der Waals surface area contributed by atoms with E-state index in [0.29, 0.717) is 42.8 Å². The van der Waals surface area contributed by atoms with Crippen LogP contribution in [0.15, 0.2) is 41.3 Å². The van der Waals surface area contributed by atoms with E-state index in [4.69, 9.17) is 14.2 Å². The van der Waals surface area contributed by atoms with E-state index >= 15 is 0 Å². The third kappa shape index (κ3) is 2.57. The standard InChI is InChI=1S/C16H15NO5S/c18-23(19,12-4-5-14-15(10-12)21-9-8-20-14)17-13-3-1-2-11-6-7-22-16(11)13/h1-5,10,17H,6-9H2. The summed E-state index contributed by atoms with van der Waals surface area (Å²) in [5.41, 5.74) is 1.46. The van der Waals surface area contributed by atoms with Gasteiger partial charge in [-0.05, 0) is 23.8 Å². The van der Waals surface area contributed by atoms with Crippen molar-refractivity contribution in [3.05, 3.63) is 42.0 Å². The van der Waals surface area contributed by atoms with Gasteiger partial charge in [0.25, 0.3) is 10.0 Å². The van der Waals surface area contributed by atoms with Crippen molar-refractivity contribution < 1.29 is 22.6 Å². The zero-order valence-electron chi connectivity index (χ0n) is 12.2. The molecule has 0 fully saturated rings. The number of fused-ring (bicyclic) bond motifs is 2. The lowest BCUT2D eigenvalue weighted by molar-refractivity contribution is 0.171. The van der Waals surface area contributed by atoms with Crippen molar-refractivity contribution in [2.24, 2.45) is 0 Å². The molecule has 2 aliphatic rings. The Morgan fingerprint density at radius 2 is 1.74 bits per heavy atom. The van der Waals surface area contributed by atoms with Gasteiger partial charge in [-0.1, -0.05) is 12.1 Å². The molecule has 0 unspecified atom stereocenters. The highest BCUT2D eigenvalue weighted by Gasteiger charge is 2.23. The van der Waals surface area contributed by atoms with Gasteiger partial charge < -0.3 is 14.2 Å². The van der Waals surface area contributed by atoms with Gasteiger partial charge in [0.05, 0.1) is 17.2 Å². The minimum atomic E-state index is -3.73. The van der Waals surface area contributed by atoms with E-state index < -0.39 is 10.0 Å². The van der Waals surface area contributed by atoms with Crippen LogP contribution in [0.1, 0.15) is 5.56 Å². The van der Waals surface area contributed by atoms with Gasteiger partial charge in [-0.3, -0.25) is 4.72 Å². The number of nitrogens with one attached hydrogen (secondary N) is 1. The van der Waals surface area contributed by atoms with Gasteiger partial charge in [-0.15, -0.1) is 0 Å². The van der Waals surface area contributed by atoms with Gasteiger partial charge in [-0.25, -0.2) is 8.42 Å². The van der Waals surface area contributed by atoms with E-state index in [1.54, 1.807) is 12.1 Å². The lowest BCUT2D eigenvalue weighted by atomic mass is 10.1. The molecule has 2 heterocycles. The Morgan fingerprint density at radius 1 is 0.913 bits per heavy atom. The summed E-state index contributed by atoms with van der Waals surface area (Å²) in [6, 6.07) is 10.0. The van der Waals surface area contributed by atoms with E-state index in [1.165, 1.54) is 12.1 Å². The second-order valence-electron chi connectivity index (χ2n) is 5.30. The molecule has 1 N–H and O–H groups in total. The van der Waals surface area contributed by atoms with Gasteiger partial charge in [0.1, 0.15) is 19.0 Å². The fourth-order valence-electron chi connectivity index (χ4n) is 2.69. The van der Waals surface area contributed by atoms with Crippen LogP contribution in [0.3, 0.4) is 0 Å². The normalized spacial score (nSPS) is 15.7. The molecular weight excluding hydrogens is 318 g/mol. The first kappa shape index (κ1) is 14.2. The smallest absolute Gasteiger partial charge is 0.262 e. The van der Waals surface area contributed by atoms with E-state index in [9.17, 15) is 8.42 Å². The SMILES string of the molecule is O=S(=O)(Nc1cccc2c1OCC2)c1ccc2c(c1)OCCO2. The number of hydrogen-bond acceptors (Lipinski definition) is 5. The number of benzene rings is 2. The van der Waals surface area contributed by atoms with Crippen molar-refractivity contribution in [2.75, 3.05) is 24.5 Å². The molecule has 2 aliphatic heterocycles. The van der Waals surface area contributed by atoms with Crippen molar-refractivity contribution in [1.29, 1.82) is 0 Å². The summed E-state index contributed by atoms with van der Waals surface area (Å²) in [4.78, 5) is 0.123. The van der Waals surface area contributed by atoms with Crippen LogP contribution in [0, 0.1) is 0 Å². The summed E-state index contributed by atoms with van der Waals surface area (Å²) in [5, 5.41) is 0. The summed E-state index contributed by atoms with van der Waals surface area (Å²) in [6.45, 7) is 1.44. The Hall–Kier alpha value is -2.41. The number of hydrogen-bond donors (Lipinski definition) is 1. The van der Waals surface area contributed by atoms with Crippen LogP contribution in [0.4, 0.5) is 5.69 Å². The number of anilines is 1. The van der Waals surface area contributed by atoms with Gasteiger partial charge in [0.15, 0.2) is 11.5 Å². The zero-order valence-corrected chi connectivity index (χ0v) is 13.1. The van der Waals surface area contributed by atoms with Crippen LogP contribution in [-0.2, 0) is 16.4 Å². The van der Waals surface area contributed by atoms with Crippen LogP contribution >= 0.6 is 0 Å². The van der Waals surface area contributed by atoms with E-state index in [1.807, 2.05) is 12.1 Å². The second kappa shape index (κ2) is 5.34. The molecule has 4 rings (SSSR count). The molecule has 0 spiro atoms. The average molecular weight is 333 g/mol. The summed E-state index contributed by atoms with van der Waals surface area (Å²) < 4.78 is 44.2. The molecule has 0 amide bonds. The molecule has 0 bridgehead atoms. The van der Waals surface area contributed by atoms with E-state index in [-0.39, 0.29) is 4.90 Å². The molecule has 7 heteroatoms.